The Morgan fingerprint density at radius 3 is 2.59 bits per heavy atom. The number of aromatic hydroxyl groups is 2. The van der Waals surface area contributed by atoms with E-state index in [-0.39, 0.29) is 11.5 Å². The quantitative estimate of drug-likeness (QED) is 0.791. The number of phenols is 2. The summed E-state index contributed by atoms with van der Waals surface area (Å²) in [6, 6.07) is 8.17. The summed E-state index contributed by atoms with van der Waals surface area (Å²) in [4.78, 5) is 8.12. The predicted molar refractivity (Wildman–Crippen MR) is 65.3 cm³/mol. The third kappa shape index (κ3) is 3.04. The fourth-order valence-electron chi connectivity index (χ4n) is 1.38. The summed E-state index contributed by atoms with van der Waals surface area (Å²) in [6.45, 7) is 0.531. The molecule has 1 heterocycles. The highest BCUT2D eigenvalue weighted by atomic mass is 16.3. The number of nitrogens with zero attached hydrogens (tertiary/aromatic N) is 2. The van der Waals surface area contributed by atoms with Gasteiger partial charge < -0.3 is 10.2 Å². The first-order valence-electron chi connectivity index (χ1n) is 5.16. The van der Waals surface area contributed by atoms with E-state index in [9.17, 15) is 5.11 Å². The van der Waals surface area contributed by atoms with Crippen LogP contribution in [0.4, 0.5) is 0 Å². The molecule has 0 saturated carbocycles. The summed E-state index contributed by atoms with van der Waals surface area (Å²) in [5.74, 6) is 0.0530. The van der Waals surface area contributed by atoms with Crippen molar-refractivity contribution in [1.82, 2.24) is 4.98 Å². The first-order chi connectivity index (χ1) is 8.25. The molecule has 0 bridgehead atoms. The number of aliphatic imine (C=N–C) groups is 1. The van der Waals surface area contributed by atoms with Crippen LogP contribution in [0.2, 0.25) is 0 Å². The normalized spacial score (nSPS) is 10.8. The molecule has 0 aliphatic rings. The molecule has 0 aliphatic carbocycles. The first-order valence-corrected chi connectivity index (χ1v) is 5.16. The Labute approximate surface area is 98.9 Å². The Morgan fingerprint density at radius 2 is 1.88 bits per heavy atom. The summed E-state index contributed by atoms with van der Waals surface area (Å²) >= 11 is 0. The van der Waals surface area contributed by atoms with Crippen LogP contribution >= 0.6 is 0 Å². The molecule has 1 aromatic heterocycles. The van der Waals surface area contributed by atoms with Gasteiger partial charge in [-0.1, -0.05) is 0 Å². The average molecular weight is 228 g/mol. The maximum absolute atomic E-state index is 9.53. The Hall–Kier alpha value is -2.36. The van der Waals surface area contributed by atoms with E-state index >= 15 is 0 Å². The zero-order valence-electron chi connectivity index (χ0n) is 9.11. The van der Waals surface area contributed by atoms with Crippen molar-refractivity contribution in [2.45, 2.75) is 6.54 Å². The molecule has 86 valence electrons. The van der Waals surface area contributed by atoms with Gasteiger partial charge in [0.25, 0.3) is 0 Å². The van der Waals surface area contributed by atoms with Gasteiger partial charge >= 0.3 is 0 Å². The van der Waals surface area contributed by atoms with Crippen molar-refractivity contribution < 1.29 is 10.2 Å². The van der Waals surface area contributed by atoms with Crippen LogP contribution in [0.3, 0.4) is 0 Å². The summed E-state index contributed by atoms with van der Waals surface area (Å²) in [6.07, 6.45) is 5.00. The highest BCUT2D eigenvalue weighted by molar-refractivity contribution is 5.83. The van der Waals surface area contributed by atoms with Gasteiger partial charge in [0.05, 0.1) is 6.54 Å². The lowest BCUT2D eigenvalue weighted by Crippen LogP contribution is -1.85. The maximum Gasteiger partial charge on any atom is 0.128 e. The van der Waals surface area contributed by atoms with Gasteiger partial charge in [0.15, 0.2) is 0 Å². The van der Waals surface area contributed by atoms with Crippen LogP contribution in [-0.4, -0.2) is 21.4 Å². The second-order valence-electron chi connectivity index (χ2n) is 3.57. The van der Waals surface area contributed by atoms with Gasteiger partial charge in [0.2, 0.25) is 0 Å². The SMILES string of the molecule is Oc1ccc(C=NCc2ccncc2)c(O)c1. The molecule has 0 unspecified atom stereocenters. The molecule has 0 amide bonds. The van der Waals surface area contributed by atoms with Crippen molar-refractivity contribution in [1.29, 1.82) is 0 Å². The number of hydrogen-bond donors (Lipinski definition) is 2. The molecule has 2 aromatic rings. The van der Waals surface area contributed by atoms with Gasteiger partial charge in [-0.25, -0.2) is 0 Å². The highest BCUT2D eigenvalue weighted by Crippen LogP contribution is 2.20. The van der Waals surface area contributed by atoms with Crippen molar-refractivity contribution in [2.75, 3.05) is 0 Å². The lowest BCUT2D eigenvalue weighted by molar-refractivity contribution is 0.450. The topological polar surface area (TPSA) is 65.7 Å². The van der Waals surface area contributed by atoms with E-state index in [2.05, 4.69) is 9.98 Å². The maximum atomic E-state index is 9.53. The third-order valence-electron chi connectivity index (χ3n) is 2.27. The van der Waals surface area contributed by atoms with Crippen molar-refractivity contribution in [3.8, 4) is 11.5 Å². The number of benzene rings is 1. The van der Waals surface area contributed by atoms with E-state index in [1.54, 1.807) is 24.7 Å². The summed E-state index contributed by atoms with van der Waals surface area (Å²) in [5, 5.41) is 18.7. The van der Waals surface area contributed by atoms with Crippen LogP contribution in [0.25, 0.3) is 0 Å². The van der Waals surface area contributed by atoms with Crippen LogP contribution in [0.1, 0.15) is 11.1 Å². The van der Waals surface area contributed by atoms with E-state index in [1.165, 1.54) is 12.1 Å². The van der Waals surface area contributed by atoms with Gasteiger partial charge in [0, 0.05) is 30.2 Å². The van der Waals surface area contributed by atoms with E-state index < -0.39 is 0 Å². The zero-order chi connectivity index (χ0) is 12.1. The van der Waals surface area contributed by atoms with Crippen LogP contribution in [0.15, 0.2) is 47.7 Å². The largest absolute Gasteiger partial charge is 0.508 e. The van der Waals surface area contributed by atoms with Gasteiger partial charge in [-0.05, 0) is 29.8 Å². The smallest absolute Gasteiger partial charge is 0.128 e. The molecule has 4 heteroatoms. The van der Waals surface area contributed by atoms with Gasteiger partial charge in [-0.2, -0.15) is 0 Å². The zero-order valence-corrected chi connectivity index (χ0v) is 9.11. The van der Waals surface area contributed by atoms with E-state index in [4.69, 9.17) is 5.11 Å². The van der Waals surface area contributed by atoms with Crippen LogP contribution in [0, 0.1) is 0 Å². The minimum absolute atomic E-state index is 0.0171. The van der Waals surface area contributed by atoms with Gasteiger partial charge in [0.1, 0.15) is 11.5 Å². The fraction of sp³-hybridized carbons (Fsp3) is 0.0769. The number of hydrogen-bond acceptors (Lipinski definition) is 4. The lowest BCUT2D eigenvalue weighted by Gasteiger charge is -1.99. The molecule has 0 aliphatic heterocycles. The monoisotopic (exact) mass is 228 g/mol. The van der Waals surface area contributed by atoms with Gasteiger partial charge in [-0.3, -0.25) is 9.98 Å². The Morgan fingerprint density at radius 1 is 1.12 bits per heavy atom. The van der Waals surface area contributed by atoms with Crippen LogP contribution in [-0.2, 0) is 6.54 Å². The summed E-state index contributed by atoms with van der Waals surface area (Å²) < 4.78 is 0. The molecule has 0 spiro atoms. The molecule has 0 fully saturated rings. The first kappa shape index (κ1) is 11.1. The van der Waals surface area contributed by atoms with Crippen molar-refractivity contribution in [2.24, 2.45) is 4.99 Å². The molecule has 2 N–H and O–H groups in total. The molecule has 4 nitrogen and oxygen atoms in total. The number of phenolic OH excluding ortho intramolecular Hbond substituents is 2. The van der Waals surface area contributed by atoms with Crippen molar-refractivity contribution in [3.05, 3.63) is 53.9 Å². The molecule has 0 saturated heterocycles. The van der Waals surface area contributed by atoms with Gasteiger partial charge in [-0.15, -0.1) is 0 Å². The predicted octanol–water partition coefficient (Wildman–Crippen LogP) is 2.11. The second kappa shape index (κ2) is 5.12. The fourth-order valence-corrected chi connectivity index (χ4v) is 1.38. The second-order valence-corrected chi connectivity index (χ2v) is 3.57. The molecule has 17 heavy (non-hydrogen) atoms. The Bertz CT molecular complexity index is 524. The number of pyridine rings is 1. The standard InChI is InChI=1S/C13H12N2O2/c16-12-2-1-11(13(17)7-12)9-15-8-10-3-5-14-6-4-10/h1-7,9,16-17H,8H2. The highest BCUT2D eigenvalue weighted by Gasteiger charge is 1.98. The third-order valence-corrected chi connectivity index (χ3v) is 2.27. The molecule has 2 rings (SSSR count). The number of rotatable bonds is 3. The van der Waals surface area contributed by atoms with E-state index in [0.717, 1.165) is 5.56 Å². The van der Waals surface area contributed by atoms with E-state index in [0.29, 0.717) is 12.1 Å². The minimum Gasteiger partial charge on any atom is -0.508 e. The Kier molecular flexibility index (Phi) is 3.35. The van der Waals surface area contributed by atoms with Crippen molar-refractivity contribution in [3.63, 3.8) is 0 Å². The molecule has 1 aromatic carbocycles. The molecular weight excluding hydrogens is 216 g/mol. The average Bonchev–Trinajstić information content (AvgIpc) is 2.33. The summed E-state index contributed by atoms with van der Waals surface area (Å²) in [7, 11) is 0. The summed E-state index contributed by atoms with van der Waals surface area (Å²) in [5.41, 5.74) is 1.63. The molecular formula is C13H12N2O2. The van der Waals surface area contributed by atoms with Crippen LogP contribution < -0.4 is 0 Å². The minimum atomic E-state index is 0.0171. The van der Waals surface area contributed by atoms with Crippen molar-refractivity contribution >= 4 is 6.21 Å². The Balaban J connectivity index is 2.06. The van der Waals surface area contributed by atoms with Crippen LogP contribution in [0.5, 0.6) is 11.5 Å². The molecule has 0 atom stereocenters. The lowest BCUT2D eigenvalue weighted by atomic mass is 10.2. The molecule has 0 radical (unpaired) electrons. The van der Waals surface area contributed by atoms with E-state index in [1.807, 2.05) is 12.1 Å². The number of aromatic nitrogens is 1.